The van der Waals surface area contributed by atoms with Gasteiger partial charge in [0.05, 0.1) is 11.3 Å². The monoisotopic (exact) mass is 437 g/mol. The van der Waals surface area contributed by atoms with Gasteiger partial charge in [-0.25, -0.2) is 0 Å². The van der Waals surface area contributed by atoms with Crippen molar-refractivity contribution in [2.45, 2.75) is 20.0 Å². The third-order valence-electron chi connectivity index (χ3n) is 5.14. The van der Waals surface area contributed by atoms with Crippen LogP contribution in [0.15, 0.2) is 66.7 Å². The van der Waals surface area contributed by atoms with Crippen LogP contribution in [-0.2, 0) is 11.2 Å². The van der Waals surface area contributed by atoms with Crippen molar-refractivity contribution in [3.63, 3.8) is 0 Å². The van der Waals surface area contributed by atoms with Gasteiger partial charge in [0.2, 0.25) is 5.91 Å². The Balaban J connectivity index is 1.49. The topological polar surface area (TPSA) is 70.7 Å². The lowest BCUT2D eigenvalue weighted by Crippen LogP contribution is -2.25. The first kappa shape index (κ1) is 21.3. The molecule has 8 heteroatoms. The van der Waals surface area contributed by atoms with Crippen molar-refractivity contribution in [2.24, 2.45) is 0 Å². The van der Waals surface area contributed by atoms with E-state index in [-0.39, 0.29) is 17.6 Å². The summed E-state index contributed by atoms with van der Waals surface area (Å²) in [5.41, 5.74) is 4.13. The van der Waals surface area contributed by atoms with E-state index in [2.05, 4.69) is 15.4 Å². The van der Waals surface area contributed by atoms with Gasteiger partial charge in [-0.05, 0) is 66.6 Å². The largest absolute Gasteiger partial charge is 0.435 e. The van der Waals surface area contributed by atoms with Gasteiger partial charge in [0.15, 0.2) is 0 Å². The first-order valence-electron chi connectivity index (χ1n) is 10.0. The van der Waals surface area contributed by atoms with Gasteiger partial charge in [0.25, 0.3) is 5.91 Å². The van der Waals surface area contributed by atoms with Gasteiger partial charge >= 0.3 is 6.61 Å². The van der Waals surface area contributed by atoms with Crippen LogP contribution in [-0.4, -0.2) is 25.0 Å². The highest BCUT2D eigenvalue weighted by Crippen LogP contribution is 2.31. The van der Waals surface area contributed by atoms with Crippen molar-refractivity contribution in [3.05, 3.63) is 77.9 Å². The lowest BCUT2D eigenvalue weighted by Gasteiger charge is -2.15. The number of nitrogens with zero attached hydrogens (tertiary/aromatic N) is 1. The number of alkyl halides is 2. The van der Waals surface area contributed by atoms with Gasteiger partial charge in [-0.15, -0.1) is 0 Å². The number of carbonyl (C=O) groups is 2. The summed E-state index contributed by atoms with van der Waals surface area (Å²) in [6.45, 7) is -0.715. The third kappa shape index (κ3) is 4.69. The van der Waals surface area contributed by atoms with Crippen molar-refractivity contribution in [2.75, 3.05) is 22.1 Å². The molecular weight excluding hydrogens is 416 g/mol. The Hall–Kier alpha value is -3.94. The average molecular weight is 437 g/mol. The zero-order valence-corrected chi connectivity index (χ0v) is 17.3. The van der Waals surface area contributed by atoms with E-state index in [0.29, 0.717) is 29.2 Å². The zero-order valence-electron chi connectivity index (χ0n) is 17.3. The van der Waals surface area contributed by atoms with E-state index in [1.165, 1.54) is 19.1 Å². The molecule has 164 valence electrons. The fraction of sp³-hybridized carbons (Fsp3) is 0.167. The highest BCUT2D eigenvalue weighted by Gasteiger charge is 2.22. The number of hydrogen-bond donors (Lipinski definition) is 2. The van der Waals surface area contributed by atoms with Gasteiger partial charge in [0.1, 0.15) is 5.75 Å². The summed E-state index contributed by atoms with van der Waals surface area (Å²) in [5.74, 6) is -0.252. The Morgan fingerprint density at radius 2 is 1.72 bits per heavy atom. The number of amides is 2. The summed E-state index contributed by atoms with van der Waals surface area (Å²) in [6.07, 6.45) is 0.738. The molecule has 2 N–H and O–H groups in total. The normalized spacial score (nSPS) is 12.4. The number of hydrogen-bond acceptors (Lipinski definition) is 4. The van der Waals surface area contributed by atoms with Gasteiger partial charge in [0, 0.05) is 30.5 Å². The Morgan fingerprint density at radius 1 is 1.00 bits per heavy atom. The predicted octanol–water partition coefficient (Wildman–Crippen LogP) is 5.19. The summed E-state index contributed by atoms with van der Waals surface area (Å²) in [6, 6.07) is 18.5. The molecule has 1 aliphatic heterocycles. The number of ether oxygens (including phenoxy) is 1. The van der Waals surface area contributed by atoms with Crippen molar-refractivity contribution in [1.29, 1.82) is 0 Å². The number of anilines is 4. The van der Waals surface area contributed by atoms with Crippen LogP contribution in [0, 0.1) is 0 Å². The standard InChI is InChI=1S/C24H21F2N3O3/c1-15(30)29-13-12-16-14-18(8-11-22(16)29)28-23(31)20-4-2-3-5-21(20)27-17-6-9-19(10-7-17)32-24(25)26/h2-11,14,24,27H,12-13H2,1H3,(H,28,31). The van der Waals surface area contributed by atoms with Crippen LogP contribution in [0.25, 0.3) is 0 Å². The van der Waals surface area contributed by atoms with Crippen LogP contribution in [0.1, 0.15) is 22.8 Å². The lowest BCUT2D eigenvalue weighted by molar-refractivity contribution is -0.116. The van der Waals surface area contributed by atoms with E-state index in [1.54, 1.807) is 47.4 Å². The molecule has 1 heterocycles. The predicted molar refractivity (Wildman–Crippen MR) is 119 cm³/mol. The second-order valence-electron chi connectivity index (χ2n) is 7.29. The van der Waals surface area contributed by atoms with Gasteiger partial charge in [-0.1, -0.05) is 12.1 Å². The molecule has 3 aromatic rings. The number of benzene rings is 3. The number of nitrogens with one attached hydrogen (secondary N) is 2. The summed E-state index contributed by atoms with van der Waals surface area (Å²) < 4.78 is 29.0. The maximum absolute atomic E-state index is 13.0. The second-order valence-corrected chi connectivity index (χ2v) is 7.29. The molecule has 0 fully saturated rings. The van der Waals surface area contributed by atoms with Crippen molar-refractivity contribution in [1.82, 2.24) is 0 Å². The molecule has 0 radical (unpaired) electrons. The molecule has 0 unspecified atom stereocenters. The molecule has 0 atom stereocenters. The SMILES string of the molecule is CC(=O)N1CCc2cc(NC(=O)c3ccccc3Nc3ccc(OC(F)F)cc3)ccc21. The smallest absolute Gasteiger partial charge is 0.387 e. The molecule has 2 amide bonds. The summed E-state index contributed by atoms with van der Waals surface area (Å²) in [7, 11) is 0. The van der Waals surface area contributed by atoms with Crippen molar-refractivity contribution < 1.29 is 23.1 Å². The van der Waals surface area contributed by atoms with Crippen LogP contribution in [0.2, 0.25) is 0 Å². The lowest BCUT2D eigenvalue weighted by atomic mass is 10.1. The fourth-order valence-corrected chi connectivity index (χ4v) is 3.67. The molecule has 0 saturated carbocycles. The quantitative estimate of drug-likeness (QED) is 0.557. The number of para-hydroxylation sites is 1. The van der Waals surface area contributed by atoms with Gasteiger partial charge < -0.3 is 20.3 Å². The minimum atomic E-state index is -2.89. The molecule has 0 saturated heterocycles. The molecule has 0 aliphatic carbocycles. The minimum absolute atomic E-state index is 0.00524. The van der Waals surface area contributed by atoms with Crippen molar-refractivity contribution >= 4 is 34.6 Å². The fourth-order valence-electron chi connectivity index (χ4n) is 3.67. The molecule has 4 rings (SSSR count). The zero-order chi connectivity index (χ0) is 22.7. The highest BCUT2D eigenvalue weighted by molar-refractivity contribution is 6.08. The van der Waals surface area contributed by atoms with E-state index < -0.39 is 6.61 Å². The molecule has 32 heavy (non-hydrogen) atoms. The first-order valence-corrected chi connectivity index (χ1v) is 10.0. The Labute approximate surface area is 183 Å². The van der Waals surface area contributed by atoms with Gasteiger partial charge in [-0.2, -0.15) is 8.78 Å². The maximum Gasteiger partial charge on any atom is 0.387 e. The van der Waals surface area contributed by atoms with Gasteiger partial charge in [-0.3, -0.25) is 9.59 Å². The van der Waals surface area contributed by atoms with Crippen molar-refractivity contribution in [3.8, 4) is 5.75 Å². The Kier molecular flexibility index (Phi) is 6.02. The first-order chi connectivity index (χ1) is 15.4. The summed E-state index contributed by atoms with van der Waals surface area (Å²) >= 11 is 0. The molecule has 3 aromatic carbocycles. The highest BCUT2D eigenvalue weighted by atomic mass is 19.3. The van der Waals surface area contributed by atoms with E-state index in [9.17, 15) is 18.4 Å². The van der Waals surface area contributed by atoms with E-state index in [0.717, 1.165) is 17.7 Å². The van der Waals surface area contributed by atoms with E-state index in [1.807, 2.05) is 12.1 Å². The number of fused-ring (bicyclic) bond motifs is 1. The Bertz CT molecular complexity index is 1150. The molecule has 0 bridgehead atoms. The van der Waals surface area contributed by atoms with Crippen LogP contribution >= 0.6 is 0 Å². The van der Waals surface area contributed by atoms with E-state index >= 15 is 0 Å². The number of carbonyl (C=O) groups excluding carboxylic acids is 2. The minimum Gasteiger partial charge on any atom is -0.435 e. The molecular formula is C24H21F2N3O3. The molecule has 1 aliphatic rings. The Morgan fingerprint density at radius 3 is 2.44 bits per heavy atom. The average Bonchev–Trinajstić information content (AvgIpc) is 3.19. The number of rotatable bonds is 6. The second kappa shape index (κ2) is 9.05. The molecule has 6 nitrogen and oxygen atoms in total. The van der Waals surface area contributed by atoms with Crippen LogP contribution in [0.4, 0.5) is 31.5 Å². The summed E-state index contributed by atoms with van der Waals surface area (Å²) in [4.78, 5) is 26.4. The third-order valence-corrected chi connectivity index (χ3v) is 5.14. The van der Waals surface area contributed by atoms with E-state index in [4.69, 9.17) is 0 Å². The molecule has 0 spiro atoms. The van der Waals surface area contributed by atoms with Crippen LogP contribution in [0.3, 0.4) is 0 Å². The molecule has 0 aromatic heterocycles. The van der Waals surface area contributed by atoms with Crippen LogP contribution < -0.4 is 20.3 Å². The number of halogens is 2. The summed E-state index contributed by atoms with van der Waals surface area (Å²) in [5, 5.41) is 6.03. The van der Waals surface area contributed by atoms with Crippen LogP contribution in [0.5, 0.6) is 5.75 Å². The maximum atomic E-state index is 13.0.